The minimum atomic E-state index is 0.0462. The van der Waals surface area contributed by atoms with E-state index in [4.69, 9.17) is 4.52 Å². The lowest BCUT2D eigenvalue weighted by atomic mass is 10.1. The van der Waals surface area contributed by atoms with Crippen molar-refractivity contribution in [3.63, 3.8) is 0 Å². The summed E-state index contributed by atoms with van der Waals surface area (Å²) < 4.78 is 7.28. The van der Waals surface area contributed by atoms with E-state index in [9.17, 15) is 4.79 Å². The standard InChI is InChI=1S/C19H21N3O2/c1-13-10-16(20-24-13)18-8-5-9-22(18)19(23)11-14-12-21(2)17-7-4-3-6-15(14)17/h3-4,6-7,10,12,18H,5,8-9,11H2,1-2H3. The van der Waals surface area contributed by atoms with Gasteiger partial charge in [-0.3, -0.25) is 4.79 Å². The molecule has 0 radical (unpaired) electrons. The van der Waals surface area contributed by atoms with E-state index < -0.39 is 0 Å². The first-order valence-corrected chi connectivity index (χ1v) is 8.39. The molecule has 1 amide bonds. The van der Waals surface area contributed by atoms with Crippen LogP contribution in [-0.2, 0) is 18.3 Å². The Kier molecular flexibility index (Phi) is 3.63. The van der Waals surface area contributed by atoms with Crippen LogP contribution >= 0.6 is 0 Å². The van der Waals surface area contributed by atoms with Crippen molar-refractivity contribution in [3.05, 3.63) is 53.5 Å². The third-order valence-corrected chi connectivity index (χ3v) is 4.88. The van der Waals surface area contributed by atoms with Crippen molar-refractivity contribution in [1.29, 1.82) is 0 Å². The Bertz CT molecular complexity index is 893. The summed E-state index contributed by atoms with van der Waals surface area (Å²) in [5, 5.41) is 5.27. The molecule has 24 heavy (non-hydrogen) atoms. The number of carbonyl (C=O) groups is 1. The molecule has 0 bridgehead atoms. The van der Waals surface area contributed by atoms with Crippen molar-refractivity contribution in [3.8, 4) is 0 Å². The molecule has 4 rings (SSSR count). The summed E-state index contributed by atoms with van der Waals surface area (Å²) in [6.07, 6.45) is 4.45. The van der Waals surface area contributed by atoms with E-state index in [1.165, 1.54) is 0 Å². The average Bonchev–Trinajstić information content (AvgIpc) is 3.28. The molecule has 1 aromatic carbocycles. The van der Waals surface area contributed by atoms with Crippen molar-refractivity contribution in [1.82, 2.24) is 14.6 Å². The fraction of sp³-hybridized carbons (Fsp3) is 0.368. The van der Waals surface area contributed by atoms with Gasteiger partial charge in [0.05, 0.1) is 12.5 Å². The Hall–Kier alpha value is -2.56. The number of aryl methyl sites for hydroxylation is 2. The fourth-order valence-electron chi connectivity index (χ4n) is 3.75. The summed E-state index contributed by atoms with van der Waals surface area (Å²) in [6, 6.07) is 10.2. The Labute approximate surface area is 140 Å². The highest BCUT2D eigenvalue weighted by Crippen LogP contribution is 2.32. The van der Waals surface area contributed by atoms with Gasteiger partial charge in [0.25, 0.3) is 0 Å². The lowest BCUT2D eigenvalue weighted by Gasteiger charge is -2.23. The second-order valence-corrected chi connectivity index (χ2v) is 6.57. The van der Waals surface area contributed by atoms with E-state index in [1.807, 2.05) is 37.1 Å². The highest BCUT2D eigenvalue weighted by molar-refractivity contribution is 5.89. The molecule has 1 fully saturated rings. The topological polar surface area (TPSA) is 51.3 Å². The molecule has 124 valence electrons. The van der Waals surface area contributed by atoms with Crippen LogP contribution in [-0.4, -0.2) is 27.1 Å². The van der Waals surface area contributed by atoms with Crippen LogP contribution in [0.4, 0.5) is 0 Å². The summed E-state index contributed by atoms with van der Waals surface area (Å²) >= 11 is 0. The molecule has 0 N–H and O–H groups in total. The quantitative estimate of drug-likeness (QED) is 0.742. The summed E-state index contributed by atoms with van der Waals surface area (Å²) in [4.78, 5) is 14.9. The summed E-state index contributed by atoms with van der Waals surface area (Å²) in [5.41, 5.74) is 3.11. The molecule has 1 saturated heterocycles. The first kappa shape index (κ1) is 15.0. The molecule has 3 aromatic rings. The van der Waals surface area contributed by atoms with Gasteiger partial charge in [0.2, 0.25) is 5.91 Å². The number of hydrogen-bond donors (Lipinski definition) is 0. The van der Waals surface area contributed by atoms with Gasteiger partial charge in [-0.05, 0) is 31.4 Å². The van der Waals surface area contributed by atoms with Crippen LogP contribution in [0.5, 0.6) is 0 Å². The maximum Gasteiger partial charge on any atom is 0.227 e. The normalized spacial score (nSPS) is 17.8. The number of benzene rings is 1. The number of aromatic nitrogens is 2. The molecule has 3 heterocycles. The molecular weight excluding hydrogens is 302 g/mol. The molecule has 5 nitrogen and oxygen atoms in total. The molecule has 0 saturated carbocycles. The third-order valence-electron chi connectivity index (χ3n) is 4.88. The van der Waals surface area contributed by atoms with Crippen molar-refractivity contribution >= 4 is 16.8 Å². The number of fused-ring (bicyclic) bond motifs is 1. The second-order valence-electron chi connectivity index (χ2n) is 6.57. The predicted octanol–water partition coefficient (Wildman–Crippen LogP) is 3.38. The number of amides is 1. The summed E-state index contributed by atoms with van der Waals surface area (Å²) in [5.74, 6) is 0.952. The van der Waals surface area contributed by atoms with Crippen molar-refractivity contribution in [2.45, 2.75) is 32.2 Å². The predicted molar refractivity (Wildman–Crippen MR) is 91.6 cm³/mol. The van der Waals surface area contributed by atoms with Crippen LogP contribution in [0.25, 0.3) is 10.9 Å². The maximum absolute atomic E-state index is 12.9. The van der Waals surface area contributed by atoms with Gasteiger partial charge in [-0.15, -0.1) is 0 Å². The van der Waals surface area contributed by atoms with Crippen molar-refractivity contribution in [2.24, 2.45) is 7.05 Å². The Morgan fingerprint density at radius 2 is 2.21 bits per heavy atom. The number of nitrogens with zero attached hydrogens (tertiary/aromatic N) is 3. The maximum atomic E-state index is 12.9. The summed E-state index contributed by atoms with van der Waals surface area (Å²) in [6.45, 7) is 2.67. The van der Waals surface area contributed by atoms with Gasteiger partial charge in [-0.2, -0.15) is 0 Å². The zero-order valence-electron chi connectivity index (χ0n) is 14.0. The minimum Gasteiger partial charge on any atom is -0.361 e. The Morgan fingerprint density at radius 1 is 1.38 bits per heavy atom. The van der Waals surface area contributed by atoms with Gasteiger partial charge in [-0.1, -0.05) is 23.4 Å². The molecule has 1 aliphatic heterocycles. The molecule has 1 unspecified atom stereocenters. The molecule has 0 spiro atoms. The highest BCUT2D eigenvalue weighted by atomic mass is 16.5. The average molecular weight is 323 g/mol. The lowest BCUT2D eigenvalue weighted by Crippen LogP contribution is -2.32. The van der Waals surface area contributed by atoms with Crippen molar-refractivity contribution < 1.29 is 9.32 Å². The van der Waals surface area contributed by atoms with Gasteiger partial charge in [0, 0.05) is 36.8 Å². The van der Waals surface area contributed by atoms with E-state index in [-0.39, 0.29) is 11.9 Å². The highest BCUT2D eigenvalue weighted by Gasteiger charge is 2.32. The SMILES string of the molecule is Cc1cc(C2CCCN2C(=O)Cc2cn(C)c3ccccc23)no1. The van der Waals surface area contributed by atoms with E-state index >= 15 is 0 Å². The second kappa shape index (κ2) is 5.82. The fourth-order valence-corrected chi connectivity index (χ4v) is 3.75. The number of hydrogen-bond acceptors (Lipinski definition) is 3. The lowest BCUT2D eigenvalue weighted by molar-refractivity contribution is -0.131. The Morgan fingerprint density at radius 3 is 3.00 bits per heavy atom. The van der Waals surface area contributed by atoms with Crippen molar-refractivity contribution in [2.75, 3.05) is 6.54 Å². The third kappa shape index (κ3) is 2.50. The molecule has 5 heteroatoms. The van der Waals surface area contributed by atoms with Crippen LogP contribution in [0.15, 0.2) is 41.1 Å². The number of likely N-dealkylation sites (tertiary alicyclic amines) is 1. The first-order valence-electron chi connectivity index (χ1n) is 8.39. The number of para-hydroxylation sites is 1. The van der Waals surface area contributed by atoms with Gasteiger partial charge < -0.3 is 14.0 Å². The van der Waals surface area contributed by atoms with Gasteiger partial charge >= 0.3 is 0 Å². The van der Waals surface area contributed by atoms with E-state index in [2.05, 4.69) is 28.1 Å². The molecule has 1 aliphatic rings. The molecule has 2 aromatic heterocycles. The first-order chi connectivity index (χ1) is 11.6. The van der Waals surface area contributed by atoms with E-state index in [0.717, 1.165) is 47.3 Å². The largest absolute Gasteiger partial charge is 0.361 e. The Balaban J connectivity index is 1.59. The van der Waals surface area contributed by atoms with E-state index in [1.54, 1.807) is 0 Å². The molecule has 1 atom stereocenters. The number of carbonyl (C=O) groups excluding carboxylic acids is 1. The smallest absolute Gasteiger partial charge is 0.227 e. The molecule has 0 aliphatic carbocycles. The van der Waals surface area contributed by atoms with E-state index in [0.29, 0.717) is 6.42 Å². The van der Waals surface area contributed by atoms with Crippen LogP contribution < -0.4 is 0 Å². The van der Waals surface area contributed by atoms with Gasteiger partial charge in [0.1, 0.15) is 11.5 Å². The molecular formula is C19H21N3O2. The van der Waals surface area contributed by atoms with Gasteiger partial charge in [-0.25, -0.2) is 0 Å². The van der Waals surface area contributed by atoms with Crippen LogP contribution in [0.3, 0.4) is 0 Å². The minimum absolute atomic E-state index is 0.0462. The van der Waals surface area contributed by atoms with Crippen LogP contribution in [0.2, 0.25) is 0 Å². The monoisotopic (exact) mass is 323 g/mol. The van der Waals surface area contributed by atoms with Gasteiger partial charge in [0.15, 0.2) is 0 Å². The zero-order valence-corrected chi connectivity index (χ0v) is 14.0. The van der Waals surface area contributed by atoms with Crippen LogP contribution in [0.1, 0.15) is 35.9 Å². The number of rotatable bonds is 3. The van der Waals surface area contributed by atoms with Crippen LogP contribution in [0, 0.1) is 6.92 Å². The summed E-state index contributed by atoms with van der Waals surface area (Å²) in [7, 11) is 2.02. The zero-order chi connectivity index (χ0) is 16.7.